The van der Waals surface area contributed by atoms with E-state index < -0.39 is 0 Å². The largest absolute Gasteiger partial charge is 0.244 e. The van der Waals surface area contributed by atoms with E-state index in [4.69, 9.17) is 0 Å². The summed E-state index contributed by atoms with van der Waals surface area (Å²) in [6.07, 6.45) is 5.12. The summed E-state index contributed by atoms with van der Waals surface area (Å²) in [5.74, 6) is 0. The van der Waals surface area contributed by atoms with Gasteiger partial charge >= 0.3 is 0 Å². The second-order valence-corrected chi connectivity index (χ2v) is 4.88. The molecule has 1 aromatic heterocycles. The third kappa shape index (κ3) is 2.20. The Hall–Kier alpha value is -0.890. The predicted octanol–water partition coefficient (Wildman–Crippen LogP) is 4.34. The van der Waals surface area contributed by atoms with Gasteiger partial charge in [-0.1, -0.05) is 31.9 Å². The maximum Gasteiger partial charge on any atom is 0.0843 e. The van der Waals surface area contributed by atoms with Crippen LogP contribution in [-0.4, -0.2) is 4.98 Å². The molecule has 2 heteroatoms. The van der Waals surface area contributed by atoms with Crippen LogP contribution in [-0.2, 0) is 6.42 Å². The highest BCUT2D eigenvalue weighted by Crippen LogP contribution is 2.26. The third-order valence-corrected chi connectivity index (χ3v) is 3.72. The molecule has 1 nitrogen and oxygen atoms in total. The SMILES string of the molecule is CCCCCc1ccc(C)c2ncsc12. The van der Waals surface area contributed by atoms with Crippen molar-refractivity contribution in [3.05, 3.63) is 28.8 Å². The Kier molecular flexibility index (Phi) is 3.37. The summed E-state index contributed by atoms with van der Waals surface area (Å²) in [6, 6.07) is 4.47. The lowest BCUT2D eigenvalue weighted by Gasteiger charge is -2.03. The first kappa shape index (κ1) is 10.6. The molecule has 0 aliphatic carbocycles. The number of hydrogen-bond donors (Lipinski definition) is 0. The summed E-state index contributed by atoms with van der Waals surface area (Å²) in [5.41, 5.74) is 5.94. The molecular formula is C13H17NS. The van der Waals surface area contributed by atoms with Gasteiger partial charge in [-0.3, -0.25) is 0 Å². The molecular weight excluding hydrogens is 202 g/mol. The van der Waals surface area contributed by atoms with Gasteiger partial charge < -0.3 is 0 Å². The normalized spacial score (nSPS) is 11.1. The molecule has 0 fully saturated rings. The molecule has 2 rings (SSSR count). The van der Waals surface area contributed by atoms with E-state index in [9.17, 15) is 0 Å². The zero-order valence-electron chi connectivity index (χ0n) is 9.42. The lowest BCUT2D eigenvalue weighted by Crippen LogP contribution is -1.87. The quantitative estimate of drug-likeness (QED) is 0.697. The van der Waals surface area contributed by atoms with E-state index in [0.717, 1.165) is 0 Å². The van der Waals surface area contributed by atoms with Crippen molar-refractivity contribution in [1.29, 1.82) is 0 Å². The second kappa shape index (κ2) is 4.75. The molecule has 0 unspecified atom stereocenters. The Morgan fingerprint density at radius 3 is 2.93 bits per heavy atom. The molecule has 1 aromatic carbocycles. The number of thiazole rings is 1. The number of aryl methyl sites for hydroxylation is 2. The van der Waals surface area contributed by atoms with Gasteiger partial charge in [-0.2, -0.15) is 0 Å². The van der Waals surface area contributed by atoms with Gasteiger partial charge in [-0.25, -0.2) is 4.98 Å². The van der Waals surface area contributed by atoms with E-state index in [1.165, 1.54) is 47.0 Å². The molecule has 0 bridgehead atoms. The second-order valence-electron chi connectivity index (χ2n) is 4.03. The predicted molar refractivity (Wildman–Crippen MR) is 67.6 cm³/mol. The molecule has 0 aliphatic heterocycles. The molecule has 0 aliphatic rings. The highest BCUT2D eigenvalue weighted by molar-refractivity contribution is 7.17. The van der Waals surface area contributed by atoms with Crippen LogP contribution in [0.15, 0.2) is 17.6 Å². The van der Waals surface area contributed by atoms with Crippen molar-refractivity contribution in [2.24, 2.45) is 0 Å². The summed E-state index contributed by atoms with van der Waals surface area (Å²) in [5, 5.41) is 0. The van der Waals surface area contributed by atoms with Crippen molar-refractivity contribution in [2.45, 2.75) is 39.5 Å². The van der Waals surface area contributed by atoms with Crippen molar-refractivity contribution in [3.63, 3.8) is 0 Å². The monoisotopic (exact) mass is 219 g/mol. The van der Waals surface area contributed by atoms with Gasteiger partial charge in [0.2, 0.25) is 0 Å². The minimum Gasteiger partial charge on any atom is -0.244 e. The van der Waals surface area contributed by atoms with Crippen molar-refractivity contribution in [2.75, 3.05) is 0 Å². The van der Waals surface area contributed by atoms with Crippen LogP contribution in [0, 0.1) is 6.92 Å². The fraction of sp³-hybridized carbons (Fsp3) is 0.462. The number of rotatable bonds is 4. The molecule has 0 spiro atoms. The molecule has 0 saturated heterocycles. The Labute approximate surface area is 95.2 Å². The molecule has 0 amide bonds. The van der Waals surface area contributed by atoms with Crippen LogP contribution in [0.25, 0.3) is 10.2 Å². The minimum absolute atomic E-state index is 1.20. The van der Waals surface area contributed by atoms with Crippen LogP contribution in [0.2, 0.25) is 0 Å². The number of fused-ring (bicyclic) bond motifs is 1. The average Bonchev–Trinajstić information content (AvgIpc) is 2.71. The van der Waals surface area contributed by atoms with Crippen molar-refractivity contribution < 1.29 is 0 Å². The number of benzene rings is 1. The maximum absolute atomic E-state index is 4.43. The molecule has 15 heavy (non-hydrogen) atoms. The summed E-state index contributed by atoms with van der Waals surface area (Å²) in [6.45, 7) is 4.38. The topological polar surface area (TPSA) is 12.9 Å². The molecule has 2 aromatic rings. The average molecular weight is 219 g/mol. The molecule has 0 atom stereocenters. The highest BCUT2D eigenvalue weighted by atomic mass is 32.1. The number of unbranched alkanes of at least 4 members (excludes halogenated alkanes) is 2. The number of aromatic nitrogens is 1. The first-order valence-electron chi connectivity index (χ1n) is 5.64. The van der Waals surface area contributed by atoms with E-state index in [1.54, 1.807) is 11.3 Å². The standard InChI is InChI=1S/C13H17NS/c1-3-4-5-6-11-8-7-10(2)12-13(11)15-9-14-12/h7-9H,3-6H2,1-2H3. The van der Waals surface area contributed by atoms with E-state index in [0.29, 0.717) is 0 Å². The van der Waals surface area contributed by atoms with Crippen LogP contribution in [0.5, 0.6) is 0 Å². The molecule has 0 saturated carbocycles. The Morgan fingerprint density at radius 1 is 1.27 bits per heavy atom. The van der Waals surface area contributed by atoms with Gasteiger partial charge in [-0.15, -0.1) is 11.3 Å². The summed E-state index contributed by atoms with van der Waals surface area (Å²) in [7, 11) is 0. The third-order valence-electron chi connectivity index (χ3n) is 2.82. The van der Waals surface area contributed by atoms with Crippen LogP contribution in [0.1, 0.15) is 37.3 Å². The van der Waals surface area contributed by atoms with E-state index in [1.807, 2.05) is 5.51 Å². The Morgan fingerprint density at radius 2 is 2.13 bits per heavy atom. The lowest BCUT2D eigenvalue weighted by molar-refractivity contribution is 0.720. The van der Waals surface area contributed by atoms with Crippen LogP contribution >= 0.6 is 11.3 Å². The van der Waals surface area contributed by atoms with Gasteiger partial charge in [0.05, 0.1) is 15.7 Å². The number of nitrogens with zero attached hydrogens (tertiary/aromatic N) is 1. The van der Waals surface area contributed by atoms with Crippen LogP contribution in [0.4, 0.5) is 0 Å². The molecule has 80 valence electrons. The van der Waals surface area contributed by atoms with Crippen LogP contribution in [0.3, 0.4) is 0 Å². The summed E-state index contributed by atoms with van der Waals surface area (Å²) < 4.78 is 1.39. The summed E-state index contributed by atoms with van der Waals surface area (Å²) in [4.78, 5) is 4.43. The minimum atomic E-state index is 1.20. The fourth-order valence-corrected chi connectivity index (χ4v) is 2.81. The molecule has 0 N–H and O–H groups in total. The Balaban J connectivity index is 2.27. The fourth-order valence-electron chi connectivity index (χ4n) is 1.90. The van der Waals surface area contributed by atoms with Gasteiger partial charge in [0.1, 0.15) is 0 Å². The Bertz CT molecular complexity index is 445. The van der Waals surface area contributed by atoms with Crippen molar-refractivity contribution in [1.82, 2.24) is 4.98 Å². The lowest BCUT2D eigenvalue weighted by atomic mass is 10.0. The van der Waals surface area contributed by atoms with E-state index in [-0.39, 0.29) is 0 Å². The molecule has 1 heterocycles. The summed E-state index contributed by atoms with van der Waals surface area (Å²) >= 11 is 1.78. The number of hydrogen-bond acceptors (Lipinski definition) is 2. The first-order valence-corrected chi connectivity index (χ1v) is 6.52. The first-order chi connectivity index (χ1) is 7.33. The van der Waals surface area contributed by atoms with Crippen LogP contribution < -0.4 is 0 Å². The van der Waals surface area contributed by atoms with Crippen molar-refractivity contribution in [3.8, 4) is 0 Å². The maximum atomic E-state index is 4.43. The van der Waals surface area contributed by atoms with Gasteiger partial charge in [-0.05, 0) is 30.9 Å². The smallest absolute Gasteiger partial charge is 0.0843 e. The van der Waals surface area contributed by atoms with Gasteiger partial charge in [0.25, 0.3) is 0 Å². The zero-order chi connectivity index (χ0) is 10.7. The van der Waals surface area contributed by atoms with E-state index >= 15 is 0 Å². The molecule has 0 radical (unpaired) electrons. The van der Waals surface area contributed by atoms with Crippen molar-refractivity contribution >= 4 is 21.6 Å². The zero-order valence-corrected chi connectivity index (χ0v) is 10.2. The van der Waals surface area contributed by atoms with Gasteiger partial charge in [0, 0.05) is 0 Å². The van der Waals surface area contributed by atoms with E-state index in [2.05, 4.69) is 31.0 Å². The van der Waals surface area contributed by atoms with Gasteiger partial charge in [0.15, 0.2) is 0 Å². The highest BCUT2D eigenvalue weighted by Gasteiger charge is 2.05.